The zero-order valence-electron chi connectivity index (χ0n) is 8.89. The molecule has 0 unspecified atom stereocenters. The average molecular weight is 215 g/mol. The smallest absolute Gasteiger partial charge is 0.258 e. The van der Waals surface area contributed by atoms with Crippen molar-refractivity contribution in [1.29, 1.82) is 0 Å². The molecule has 0 atom stereocenters. The summed E-state index contributed by atoms with van der Waals surface area (Å²) in [6.45, 7) is 0.686. The van der Waals surface area contributed by atoms with E-state index in [1.54, 1.807) is 16.7 Å². The molecule has 1 N–H and O–H groups in total. The zero-order valence-corrected chi connectivity index (χ0v) is 8.89. The average Bonchev–Trinajstić information content (AvgIpc) is 3.10. The largest absolute Gasteiger partial charge is 0.308 e. The van der Waals surface area contributed by atoms with Crippen LogP contribution in [0.2, 0.25) is 0 Å². The first-order valence-electron chi connectivity index (χ1n) is 5.54. The quantitative estimate of drug-likeness (QED) is 0.829. The van der Waals surface area contributed by atoms with Crippen LogP contribution in [0.4, 0.5) is 0 Å². The van der Waals surface area contributed by atoms with Crippen LogP contribution in [0.25, 0.3) is 5.65 Å². The van der Waals surface area contributed by atoms with Crippen LogP contribution in [0, 0.1) is 0 Å². The van der Waals surface area contributed by atoms with Crippen LogP contribution in [0.5, 0.6) is 0 Å². The molecule has 0 spiro atoms. The van der Waals surface area contributed by atoms with E-state index in [9.17, 15) is 4.79 Å². The lowest BCUT2D eigenvalue weighted by Gasteiger charge is -2.04. The molecular formula is C12H13N3O. The van der Waals surface area contributed by atoms with Gasteiger partial charge in [-0.25, -0.2) is 4.98 Å². The molecule has 4 nitrogen and oxygen atoms in total. The zero-order chi connectivity index (χ0) is 11.0. The Morgan fingerprint density at radius 3 is 3.12 bits per heavy atom. The summed E-state index contributed by atoms with van der Waals surface area (Å²) in [5, 5.41) is 3.35. The van der Waals surface area contributed by atoms with Crippen molar-refractivity contribution in [3.8, 4) is 0 Å². The molecule has 16 heavy (non-hydrogen) atoms. The fourth-order valence-corrected chi connectivity index (χ4v) is 1.73. The number of rotatable bonds is 3. The Balaban J connectivity index is 1.96. The Bertz CT molecular complexity index is 572. The summed E-state index contributed by atoms with van der Waals surface area (Å²) in [6, 6.07) is 7.80. The molecule has 0 saturated heterocycles. The van der Waals surface area contributed by atoms with Gasteiger partial charge in [-0.15, -0.1) is 0 Å². The number of fused-ring (bicyclic) bond motifs is 1. The van der Waals surface area contributed by atoms with Gasteiger partial charge in [0, 0.05) is 24.8 Å². The third-order valence-electron chi connectivity index (χ3n) is 2.77. The number of aromatic nitrogens is 2. The molecule has 1 fully saturated rings. The molecule has 4 heteroatoms. The van der Waals surface area contributed by atoms with Crippen molar-refractivity contribution >= 4 is 5.65 Å². The van der Waals surface area contributed by atoms with Crippen LogP contribution >= 0.6 is 0 Å². The monoisotopic (exact) mass is 215 g/mol. The summed E-state index contributed by atoms with van der Waals surface area (Å²) in [4.78, 5) is 16.2. The van der Waals surface area contributed by atoms with E-state index in [4.69, 9.17) is 0 Å². The van der Waals surface area contributed by atoms with Crippen molar-refractivity contribution in [2.75, 3.05) is 0 Å². The van der Waals surface area contributed by atoms with Gasteiger partial charge in [-0.05, 0) is 25.0 Å². The second-order valence-electron chi connectivity index (χ2n) is 4.17. The molecular weight excluding hydrogens is 202 g/mol. The van der Waals surface area contributed by atoms with Crippen LogP contribution in [0.3, 0.4) is 0 Å². The van der Waals surface area contributed by atoms with E-state index in [0.717, 1.165) is 5.69 Å². The maximum Gasteiger partial charge on any atom is 0.258 e. The SMILES string of the molecule is O=c1cc(CNC2CC2)nc2ccccn12. The maximum absolute atomic E-state index is 11.8. The number of nitrogens with zero attached hydrogens (tertiary/aromatic N) is 2. The first kappa shape index (κ1) is 9.54. The fraction of sp³-hybridized carbons (Fsp3) is 0.333. The Hall–Kier alpha value is -1.68. The highest BCUT2D eigenvalue weighted by molar-refractivity contribution is 5.37. The molecule has 2 aromatic rings. The van der Waals surface area contributed by atoms with Gasteiger partial charge in [-0.3, -0.25) is 9.20 Å². The Morgan fingerprint density at radius 2 is 2.31 bits per heavy atom. The van der Waals surface area contributed by atoms with Crippen molar-refractivity contribution < 1.29 is 0 Å². The molecule has 2 aromatic heterocycles. The van der Waals surface area contributed by atoms with Crippen molar-refractivity contribution in [1.82, 2.24) is 14.7 Å². The maximum atomic E-state index is 11.8. The predicted molar refractivity (Wildman–Crippen MR) is 61.3 cm³/mol. The van der Waals surface area contributed by atoms with E-state index >= 15 is 0 Å². The van der Waals surface area contributed by atoms with E-state index in [2.05, 4.69) is 10.3 Å². The molecule has 3 rings (SSSR count). The van der Waals surface area contributed by atoms with E-state index in [1.165, 1.54) is 12.8 Å². The number of hydrogen-bond acceptors (Lipinski definition) is 3. The molecule has 0 radical (unpaired) electrons. The highest BCUT2D eigenvalue weighted by Crippen LogP contribution is 2.18. The molecule has 0 aliphatic heterocycles. The minimum absolute atomic E-state index is 0.0156. The van der Waals surface area contributed by atoms with Gasteiger partial charge in [0.2, 0.25) is 0 Å². The van der Waals surface area contributed by atoms with Crippen LogP contribution in [0.15, 0.2) is 35.3 Å². The van der Waals surface area contributed by atoms with Crippen LogP contribution < -0.4 is 10.9 Å². The van der Waals surface area contributed by atoms with Gasteiger partial charge in [-0.2, -0.15) is 0 Å². The topological polar surface area (TPSA) is 46.4 Å². The lowest BCUT2D eigenvalue weighted by Crippen LogP contribution is -2.20. The summed E-state index contributed by atoms with van der Waals surface area (Å²) >= 11 is 0. The molecule has 1 saturated carbocycles. The summed E-state index contributed by atoms with van der Waals surface area (Å²) in [7, 11) is 0. The van der Waals surface area contributed by atoms with Gasteiger partial charge >= 0.3 is 0 Å². The van der Waals surface area contributed by atoms with Gasteiger partial charge in [0.15, 0.2) is 0 Å². The Labute approximate surface area is 92.9 Å². The van der Waals surface area contributed by atoms with E-state index < -0.39 is 0 Å². The molecule has 82 valence electrons. The summed E-state index contributed by atoms with van der Waals surface area (Å²) < 4.78 is 1.56. The predicted octanol–water partition coefficient (Wildman–Crippen LogP) is 0.946. The summed E-state index contributed by atoms with van der Waals surface area (Å²) in [5.41, 5.74) is 1.52. The van der Waals surface area contributed by atoms with Gasteiger partial charge in [0.25, 0.3) is 5.56 Å². The van der Waals surface area contributed by atoms with Gasteiger partial charge in [0.1, 0.15) is 5.65 Å². The van der Waals surface area contributed by atoms with E-state index in [1.807, 2.05) is 18.2 Å². The van der Waals surface area contributed by atoms with Gasteiger partial charge in [0.05, 0.1) is 5.69 Å². The highest BCUT2D eigenvalue weighted by Gasteiger charge is 2.20. The van der Waals surface area contributed by atoms with Crippen LogP contribution in [-0.4, -0.2) is 15.4 Å². The normalized spacial score (nSPS) is 15.5. The third-order valence-corrected chi connectivity index (χ3v) is 2.77. The van der Waals surface area contributed by atoms with Gasteiger partial charge < -0.3 is 5.32 Å². The van der Waals surface area contributed by atoms with Crippen LogP contribution in [-0.2, 0) is 6.54 Å². The highest BCUT2D eigenvalue weighted by atomic mass is 16.1. The molecule has 0 amide bonds. The number of hydrogen-bond donors (Lipinski definition) is 1. The number of nitrogens with one attached hydrogen (secondary N) is 1. The van der Waals surface area contributed by atoms with Crippen molar-refractivity contribution in [2.24, 2.45) is 0 Å². The summed E-state index contributed by atoms with van der Waals surface area (Å²) in [5.74, 6) is 0. The van der Waals surface area contributed by atoms with E-state index in [-0.39, 0.29) is 5.56 Å². The van der Waals surface area contributed by atoms with E-state index in [0.29, 0.717) is 18.2 Å². The molecule has 1 aliphatic rings. The minimum Gasteiger partial charge on any atom is -0.308 e. The van der Waals surface area contributed by atoms with Crippen molar-refractivity contribution in [2.45, 2.75) is 25.4 Å². The first-order valence-corrected chi connectivity index (χ1v) is 5.54. The molecule has 1 aliphatic carbocycles. The lowest BCUT2D eigenvalue weighted by molar-refractivity contribution is 0.673. The standard InChI is InChI=1S/C12H13N3O/c16-12-7-10(8-13-9-4-5-9)14-11-3-1-2-6-15(11)12/h1-3,6-7,9,13H,4-5,8H2. The van der Waals surface area contributed by atoms with Crippen molar-refractivity contribution in [3.63, 3.8) is 0 Å². The Kier molecular flexibility index (Phi) is 2.22. The summed E-state index contributed by atoms with van der Waals surface area (Å²) in [6.07, 6.45) is 4.22. The third kappa shape index (κ3) is 1.84. The second kappa shape index (κ2) is 3.72. The first-order chi connectivity index (χ1) is 7.83. The lowest BCUT2D eigenvalue weighted by atomic mass is 10.3. The van der Waals surface area contributed by atoms with Crippen LogP contribution in [0.1, 0.15) is 18.5 Å². The number of pyridine rings is 1. The minimum atomic E-state index is -0.0156. The van der Waals surface area contributed by atoms with Gasteiger partial charge in [-0.1, -0.05) is 6.07 Å². The Morgan fingerprint density at radius 1 is 1.44 bits per heavy atom. The molecule has 2 heterocycles. The van der Waals surface area contributed by atoms with Crippen molar-refractivity contribution in [3.05, 3.63) is 46.5 Å². The molecule has 0 bridgehead atoms. The second-order valence-corrected chi connectivity index (χ2v) is 4.17. The fourth-order valence-electron chi connectivity index (χ4n) is 1.73. The molecule has 0 aromatic carbocycles.